The second-order valence-electron chi connectivity index (χ2n) is 5.69. The van der Waals surface area contributed by atoms with Gasteiger partial charge in [0, 0.05) is 10.9 Å². The van der Waals surface area contributed by atoms with Crippen LogP contribution in [0.1, 0.15) is 26.3 Å². The predicted octanol–water partition coefficient (Wildman–Crippen LogP) is 3.53. The third kappa shape index (κ3) is 1.31. The quantitative estimate of drug-likeness (QED) is 0.540. The number of ketones is 1. The predicted molar refractivity (Wildman–Crippen MR) is 87.0 cm³/mol. The second kappa shape index (κ2) is 3.98. The van der Waals surface area contributed by atoms with Crippen molar-refractivity contribution in [1.29, 1.82) is 0 Å². The largest absolute Gasteiger partial charge is 0.496 e. The van der Waals surface area contributed by atoms with E-state index in [1.165, 1.54) is 0 Å². The zero-order chi connectivity index (χ0) is 15.7. The molecule has 1 aromatic heterocycles. The average molecular weight is 301 g/mol. The standard InChI is InChI=1S/C19H11NO3/c1-23-14-7-3-5-11-16(14)19(22)20-12-6-2-4-10-8-9-13(21)17(15(10)12)18(11)20/h2-9H,1H3. The summed E-state index contributed by atoms with van der Waals surface area (Å²) in [6.07, 6.45) is 3.38. The summed E-state index contributed by atoms with van der Waals surface area (Å²) < 4.78 is 6.99. The van der Waals surface area contributed by atoms with Gasteiger partial charge in [-0.05, 0) is 23.8 Å². The van der Waals surface area contributed by atoms with Crippen molar-refractivity contribution >= 4 is 28.7 Å². The van der Waals surface area contributed by atoms with E-state index in [-0.39, 0.29) is 11.7 Å². The minimum atomic E-state index is -0.143. The average Bonchev–Trinajstić information content (AvgIpc) is 3.07. The number of hydrogen-bond donors (Lipinski definition) is 0. The van der Waals surface area contributed by atoms with Crippen LogP contribution in [0.4, 0.5) is 0 Å². The highest BCUT2D eigenvalue weighted by molar-refractivity contribution is 6.29. The lowest BCUT2D eigenvalue weighted by Gasteiger charge is -2.09. The van der Waals surface area contributed by atoms with Crippen LogP contribution in [0, 0.1) is 0 Å². The van der Waals surface area contributed by atoms with E-state index in [0.717, 1.165) is 22.0 Å². The topological polar surface area (TPSA) is 48.3 Å². The van der Waals surface area contributed by atoms with Gasteiger partial charge in [0.25, 0.3) is 5.91 Å². The maximum Gasteiger partial charge on any atom is 0.267 e. The van der Waals surface area contributed by atoms with Gasteiger partial charge in [0.15, 0.2) is 5.78 Å². The van der Waals surface area contributed by atoms with E-state index in [1.54, 1.807) is 23.8 Å². The Bertz CT molecular complexity index is 1090. The molecule has 0 N–H and O–H groups in total. The Morgan fingerprint density at radius 3 is 2.61 bits per heavy atom. The Morgan fingerprint density at radius 1 is 0.957 bits per heavy atom. The normalized spacial score (nSPS) is 14.3. The van der Waals surface area contributed by atoms with Crippen molar-refractivity contribution < 1.29 is 14.3 Å². The fraction of sp³-hybridized carbons (Fsp3) is 0.0526. The Labute approximate surface area is 131 Å². The molecular formula is C19H11NO3. The second-order valence-corrected chi connectivity index (χ2v) is 5.69. The van der Waals surface area contributed by atoms with Gasteiger partial charge < -0.3 is 4.74 Å². The Kier molecular flexibility index (Phi) is 2.15. The molecule has 0 radical (unpaired) electrons. The van der Waals surface area contributed by atoms with Crippen LogP contribution in [-0.4, -0.2) is 23.4 Å². The summed E-state index contributed by atoms with van der Waals surface area (Å²) in [5.41, 5.74) is 4.31. The van der Waals surface area contributed by atoms with Crippen molar-refractivity contribution in [2.24, 2.45) is 0 Å². The first-order valence-electron chi connectivity index (χ1n) is 7.34. The van der Waals surface area contributed by atoms with E-state index in [0.29, 0.717) is 22.6 Å². The molecule has 2 heterocycles. The molecule has 0 amide bonds. The number of methoxy groups -OCH3 is 1. The molecule has 0 fully saturated rings. The van der Waals surface area contributed by atoms with E-state index >= 15 is 0 Å². The van der Waals surface area contributed by atoms with E-state index < -0.39 is 0 Å². The fourth-order valence-electron chi connectivity index (χ4n) is 3.69. The molecule has 23 heavy (non-hydrogen) atoms. The van der Waals surface area contributed by atoms with Crippen LogP contribution in [0.2, 0.25) is 0 Å². The summed E-state index contributed by atoms with van der Waals surface area (Å²) in [5, 5.41) is 0.858. The molecule has 1 aliphatic heterocycles. The maximum absolute atomic E-state index is 13.0. The minimum Gasteiger partial charge on any atom is -0.496 e. The number of carbonyl (C=O) groups excluding carboxylic acids is 2. The molecule has 0 saturated carbocycles. The minimum absolute atomic E-state index is 0.0640. The van der Waals surface area contributed by atoms with Gasteiger partial charge in [-0.3, -0.25) is 14.2 Å². The van der Waals surface area contributed by atoms with Crippen molar-refractivity contribution in [1.82, 2.24) is 4.57 Å². The summed E-state index contributed by atoms with van der Waals surface area (Å²) in [6, 6.07) is 11.2. The van der Waals surface area contributed by atoms with Gasteiger partial charge in [-0.1, -0.05) is 30.3 Å². The van der Waals surface area contributed by atoms with E-state index in [4.69, 9.17) is 4.74 Å². The molecule has 0 bridgehead atoms. The third-order valence-corrected chi connectivity index (χ3v) is 4.60. The highest BCUT2D eigenvalue weighted by Gasteiger charge is 2.37. The molecule has 0 spiro atoms. The van der Waals surface area contributed by atoms with E-state index in [1.807, 2.05) is 36.4 Å². The number of rotatable bonds is 1. The number of carbonyl (C=O) groups is 2. The van der Waals surface area contributed by atoms with Crippen LogP contribution in [0.5, 0.6) is 5.75 Å². The molecule has 4 heteroatoms. The number of ether oxygens (including phenoxy) is 1. The van der Waals surface area contributed by atoms with Gasteiger partial charge >= 0.3 is 0 Å². The monoisotopic (exact) mass is 301 g/mol. The lowest BCUT2D eigenvalue weighted by atomic mass is 9.93. The SMILES string of the molecule is COc1cccc2c1C(=O)n1c-2c2c3c(cccc31)C=CC2=O. The van der Waals surface area contributed by atoms with Crippen LogP contribution < -0.4 is 4.74 Å². The lowest BCUT2D eigenvalue weighted by molar-refractivity contribution is 0.0971. The number of allylic oxidation sites excluding steroid dienone is 1. The molecule has 2 aliphatic rings. The summed E-state index contributed by atoms with van der Waals surface area (Å²) in [5.74, 6) is 0.327. The summed E-state index contributed by atoms with van der Waals surface area (Å²) >= 11 is 0. The Balaban J connectivity index is 2.01. The molecule has 0 unspecified atom stereocenters. The number of nitrogens with zero attached hydrogens (tertiary/aromatic N) is 1. The summed E-state index contributed by atoms with van der Waals surface area (Å²) in [6.45, 7) is 0. The Morgan fingerprint density at radius 2 is 1.78 bits per heavy atom. The van der Waals surface area contributed by atoms with Crippen LogP contribution in [-0.2, 0) is 0 Å². The third-order valence-electron chi connectivity index (χ3n) is 4.60. The highest BCUT2D eigenvalue weighted by Crippen LogP contribution is 2.46. The Hall–Kier alpha value is -3.14. The van der Waals surface area contributed by atoms with Crippen LogP contribution in [0.15, 0.2) is 42.5 Å². The van der Waals surface area contributed by atoms with Gasteiger partial charge in [-0.15, -0.1) is 0 Å². The van der Waals surface area contributed by atoms with Crippen molar-refractivity contribution in [3.63, 3.8) is 0 Å². The fourth-order valence-corrected chi connectivity index (χ4v) is 3.69. The zero-order valence-electron chi connectivity index (χ0n) is 12.3. The maximum atomic E-state index is 13.0. The zero-order valence-corrected chi connectivity index (χ0v) is 12.3. The number of hydrogen-bond acceptors (Lipinski definition) is 3. The van der Waals surface area contributed by atoms with Crippen molar-refractivity contribution in [3.05, 3.63) is 59.2 Å². The first-order chi connectivity index (χ1) is 11.2. The highest BCUT2D eigenvalue weighted by atomic mass is 16.5. The molecule has 0 saturated heterocycles. The molecule has 2 aromatic carbocycles. The lowest BCUT2D eigenvalue weighted by Crippen LogP contribution is -2.07. The van der Waals surface area contributed by atoms with Gasteiger partial charge in [0.1, 0.15) is 5.75 Å². The number of fused-ring (bicyclic) bond motifs is 5. The molecule has 0 atom stereocenters. The number of benzene rings is 2. The van der Waals surface area contributed by atoms with Crippen molar-refractivity contribution in [3.8, 4) is 17.0 Å². The first kappa shape index (κ1) is 12.4. The van der Waals surface area contributed by atoms with Crippen LogP contribution >= 0.6 is 0 Å². The molecule has 110 valence electrons. The first-order valence-corrected chi connectivity index (χ1v) is 7.34. The smallest absolute Gasteiger partial charge is 0.267 e. The van der Waals surface area contributed by atoms with E-state index in [9.17, 15) is 9.59 Å². The van der Waals surface area contributed by atoms with Crippen LogP contribution in [0.3, 0.4) is 0 Å². The molecule has 5 rings (SSSR count). The number of aromatic nitrogens is 1. The van der Waals surface area contributed by atoms with Crippen molar-refractivity contribution in [2.45, 2.75) is 0 Å². The van der Waals surface area contributed by atoms with Gasteiger partial charge in [-0.25, -0.2) is 0 Å². The molecular weight excluding hydrogens is 290 g/mol. The molecule has 3 aromatic rings. The van der Waals surface area contributed by atoms with Gasteiger partial charge in [-0.2, -0.15) is 0 Å². The van der Waals surface area contributed by atoms with Gasteiger partial charge in [0.2, 0.25) is 0 Å². The van der Waals surface area contributed by atoms with E-state index in [2.05, 4.69) is 0 Å². The van der Waals surface area contributed by atoms with Crippen molar-refractivity contribution in [2.75, 3.05) is 7.11 Å². The summed E-state index contributed by atoms with van der Waals surface area (Å²) in [7, 11) is 1.55. The van der Waals surface area contributed by atoms with Crippen LogP contribution in [0.25, 0.3) is 28.2 Å². The van der Waals surface area contributed by atoms with Gasteiger partial charge in [0.05, 0.1) is 29.4 Å². The molecule has 1 aliphatic carbocycles. The summed E-state index contributed by atoms with van der Waals surface area (Å²) in [4.78, 5) is 25.5. The molecule has 4 nitrogen and oxygen atoms in total.